The van der Waals surface area contributed by atoms with Crippen molar-refractivity contribution in [2.75, 3.05) is 31.6 Å². The Labute approximate surface area is 121 Å². The van der Waals surface area contributed by atoms with Gasteiger partial charge in [0.15, 0.2) is 6.61 Å². The number of benzene rings is 1. The lowest BCUT2D eigenvalue weighted by molar-refractivity contribution is 0.300. The number of nitriles is 1. The molecule has 108 valence electrons. The van der Waals surface area contributed by atoms with Crippen molar-refractivity contribution < 1.29 is 4.74 Å². The molecule has 1 fully saturated rings. The van der Waals surface area contributed by atoms with Crippen molar-refractivity contribution in [3.63, 3.8) is 0 Å². The fourth-order valence-corrected chi connectivity index (χ4v) is 2.64. The first-order chi connectivity index (χ1) is 9.81. The topological polar surface area (TPSA) is 48.3 Å². The first-order valence-electron chi connectivity index (χ1n) is 7.40. The van der Waals surface area contributed by atoms with Crippen molar-refractivity contribution in [3.05, 3.63) is 24.3 Å². The highest BCUT2D eigenvalue weighted by atomic mass is 16.5. The van der Waals surface area contributed by atoms with E-state index in [1.807, 2.05) is 24.3 Å². The summed E-state index contributed by atoms with van der Waals surface area (Å²) < 4.78 is 5.33. The summed E-state index contributed by atoms with van der Waals surface area (Å²) in [5.41, 5.74) is 1.08. The quantitative estimate of drug-likeness (QED) is 0.896. The molecule has 1 aliphatic rings. The van der Waals surface area contributed by atoms with Crippen LogP contribution in [0, 0.1) is 11.3 Å². The van der Waals surface area contributed by atoms with E-state index >= 15 is 0 Å². The molecule has 1 saturated heterocycles. The second-order valence-corrected chi connectivity index (χ2v) is 5.18. The third-order valence-electron chi connectivity index (χ3n) is 3.78. The van der Waals surface area contributed by atoms with E-state index in [9.17, 15) is 0 Å². The normalized spacial score (nSPS) is 19.9. The van der Waals surface area contributed by atoms with Crippen LogP contribution in [0.25, 0.3) is 0 Å². The summed E-state index contributed by atoms with van der Waals surface area (Å²) >= 11 is 0. The molecule has 4 nitrogen and oxygen atoms in total. The van der Waals surface area contributed by atoms with Gasteiger partial charge in [-0.2, -0.15) is 5.26 Å². The molecule has 4 heteroatoms. The van der Waals surface area contributed by atoms with Crippen LogP contribution in [0.15, 0.2) is 24.3 Å². The van der Waals surface area contributed by atoms with Gasteiger partial charge in [-0.3, -0.25) is 0 Å². The summed E-state index contributed by atoms with van der Waals surface area (Å²) in [6, 6.07) is 10.4. The molecule has 2 rings (SSSR count). The van der Waals surface area contributed by atoms with E-state index in [4.69, 9.17) is 10.00 Å². The lowest BCUT2D eigenvalue weighted by Crippen LogP contribution is -2.26. The number of hydrogen-bond acceptors (Lipinski definition) is 4. The number of nitrogens with one attached hydrogen (secondary N) is 1. The molecular formula is C16H23N3O. The van der Waals surface area contributed by atoms with E-state index < -0.39 is 0 Å². The predicted octanol–water partition coefficient (Wildman–Crippen LogP) is 2.88. The highest BCUT2D eigenvalue weighted by Gasteiger charge is 2.15. The summed E-state index contributed by atoms with van der Waals surface area (Å²) in [7, 11) is 0. The molecule has 1 atom stereocenters. The van der Waals surface area contributed by atoms with Gasteiger partial charge in [0.25, 0.3) is 0 Å². The Balaban J connectivity index is 1.90. The summed E-state index contributed by atoms with van der Waals surface area (Å²) in [5, 5.41) is 12.1. The number of rotatable bonds is 5. The van der Waals surface area contributed by atoms with Crippen LogP contribution in [-0.2, 0) is 0 Å². The summed E-state index contributed by atoms with van der Waals surface area (Å²) in [5.74, 6) is 0.750. The van der Waals surface area contributed by atoms with Gasteiger partial charge in [-0.15, -0.1) is 0 Å². The Morgan fingerprint density at radius 3 is 3.10 bits per heavy atom. The number of ether oxygens (including phenoxy) is 1. The molecule has 0 amide bonds. The Bertz CT molecular complexity index is 455. The van der Waals surface area contributed by atoms with Gasteiger partial charge >= 0.3 is 0 Å². The average Bonchev–Trinajstić information content (AvgIpc) is 2.71. The minimum atomic E-state index is 0.0956. The van der Waals surface area contributed by atoms with Crippen LogP contribution in [-0.4, -0.2) is 37.2 Å². The molecular weight excluding hydrogens is 250 g/mol. The number of nitrogens with zero attached hydrogens (tertiary/aromatic N) is 2. The van der Waals surface area contributed by atoms with Crippen LogP contribution in [0.4, 0.5) is 5.69 Å². The molecule has 0 radical (unpaired) electrons. The van der Waals surface area contributed by atoms with Gasteiger partial charge in [-0.05, 0) is 44.5 Å². The lowest BCUT2D eigenvalue weighted by atomic mass is 10.1. The third-order valence-corrected chi connectivity index (χ3v) is 3.78. The van der Waals surface area contributed by atoms with Gasteiger partial charge in [0.2, 0.25) is 0 Å². The van der Waals surface area contributed by atoms with Crippen LogP contribution in [0.3, 0.4) is 0 Å². The number of anilines is 1. The first kappa shape index (κ1) is 14.7. The molecule has 1 N–H and O–H groups in total. The fourth-order valence-electron chi connectivity index (χ4n) is 2.64. The molecule has 1 aromatic rings. The van der Waals surface area contributed by atoms with Gasteiger partial charge in [0, 0.05) is 24.3 Å². The first-order valence-corrected chi connectivity index (χ1v) is 7.40. The summed E-state index contributed by atoms with van der Waals surface area (Å²) in [4.78, 5) is 2.51. The molecule has 0 saturated carbocycles. The van der Waals surface area contributed by atoms with Crippen molar-refractivity contribution in [2.45, 2.75) is 32.2 Å². The summed E-state index contributed by atoms with van der Waals surface area (Å²) in [6.07, 6.45) is 3.63. The molecule has 1 aromatic carbocycles. The molecule has 0 bridgehead atoms. The van der Waals surface area contributed by atoms with E-state index in [1.54, 1.807) is 0 Å². The number of hydrogen-bond donors (Lipinski definition) is 1. The number of likely N-dealkylation sites (tertiary alicyclic amines) is 1. The summed E-state index contributed by atoms with van der Waals surface area (Å²) in [6.45, 7) is 5.84. The molecule has 0 aromatic heterocycles. The lowest BCUT2D eigenvalue weighted by Gasteiger charge is -2.19. The SMILES string of the molecule is CCN1CCCC(Nc2cccc(OCC#N)c2)CC1. The highest BCUT2D eigenvalue weighted by Crippen LogP contribution is 2.21. The molecule has 1 heterocycles. The van der Waals surface area contributed by atoms with E-state index in [-0.39, 0.29) is 6.61 Å². The molecule has 0 aliphatic carbocycles. The van der Waals surface area contributed by atoms with Crippen LogP contribution in [0.5, 0.6) is 5.75 Å². The van der Waals surface area contributed by atoms with Crippen molar-refractivity contribution in [2.24, 2.45) is 0 Å². The van der Waals surface area contributed by atoms with Gasteiger partial charge in [0.05, 0.1) is 0 Å². The van der Waals surface area contributed by atoms with Gasteiger partial charge < -0.3 is 15.0 Å². The Morgan fingerprint density at radius 2 is 2.30 bits per heavy atom. The van der Waals surface area contributed by atoms with E-state index in [0.29, 0.717) is 6.04 Å². The van der Waals surface area contributed by atoms with Crippen LogP contribution >= 0.6 is 0 Å². The van der Waals surface area contributed by atoms with Gasteiger partial charge in [-0.1, -0.05) is 13.0 Å². The van der Waals surface area contributed by atoms with Crippen molar-refractivity contribution in [1.82, 2.24) is 4.90 Å². The maximum Gasteiger partial charge on any atom is 0.174 e. The second kappa shape index (κ2) is 7.76. The molecule has 0 spiro atoms. The monoisotopic (exact) mass is 273 g/mol. The van der Waals surface area contributed by atoms with Crippen LogP contribution < -0.4 is 10.1 Å². The predicted molar refractivity (Wildman–Crippen MR) is 80.9 cm³/mol. The minimum absolute atomic E-state index is 0.0956. The highest BCUT2D eigenvalue weighted by molar-refractivity contribution is 5.48. The van der Waals surface area contributed by atoms with Crippen molar-refractivity contribution >= 4 is 5.69 Å². The van der Waals surface area contributed by atoms with Crippen LogP contribution in [0.2, 0.25) is 0 Å². The molecule has 1 unspecified atom stereocenters. The van der Waals surface area contributed by atoms with Gasteiger partial charge in [-0.25, -0.2) is 0 Å². The molecule has 1 aliphatic heterocycles. The zero-order valence-corrected chi connectivity index (χ0v) is 12.1. The largest absolute Gasteiger partial charge is 0.479 e. The van der Waals surface area contributed by atoms with E-state index in [1.165, 1.54) is 32.4 Å². The van der Waals surface area contributed by atoms with Crippen molar-refractivity contribution in [3.8, 4) is 11.8 Å². The minimum Gasteiger partial charge on any atom is -0.479 e. The van der Waals surface area contributed by atoms with Crippen molar-refractivity contribution in [1.29, 1.82) is 5.26 Å². The maximum absolute atomic E-state index is 8.54. The average molecular weight is 273 g/mol. The third kappa shape index (κ3) is 4.43. The maximum atomic E-state index is 8.54. The Kier molecular flexibility index (Phi) is 5.69. The zero-order chi connectivity index (χ0) is 14.2. The Hall–Kier alpha value is -1.73. The van der Waals surface area contributed by atoms with E-state index in [2.05, 4.69) is 23.2 Å². The van der Waals surface area contributed by atoms with Crippen LogP contribution in [0.1, 0.15) is 26.2 Å². The smallest absolute Gasteiger partial charge is 0.174 e. The zero-order valence-electron chi connectivity index (χ0n) is 12.1. The Morgan fingerprint density at radius 1 is 1.40 bits per heavy atom. The molecule has 20 heavy (non-hydrogen) atoms. The second-order valence-electron chi connectivity index (χ2n) is 5.18. The van der Waals surface area contributed by atoms with E-state index in [0.717, 1.165) is 18.0 Å². The van der Waals surface area contributed by atoms with Gasteiger partial charge in [0.1, 0.15) is 11.8 Å². The fraction of sp³-hybridized carbons (Fsp3) is 0.562. The standard InChI is InChI=1S/C16H23N3O/c1-2-19-10-4-6-14(8-11-19)18-15-5-3-7-16(13-15)20-12-9-17/h3,5,7,13-14,18H,2,4,6,8,10-12H2,1H3.